The molecule has 0 aliphatic rings. The van der Waals surface area contributed by atoms with Crippen LogP contribution in [-0.2, 0) is 13.0 Å². The van der Waals surface area contributed by atoms with Crippen LogP contribution in [0.5, 0.6) is 0 Å². The van der Waals surface area contributed by atoms with Crippen molar-refractivity contribution in [2.75, 3.05) is 0 Å². The van der Waals surface area contributed by atoms with E-state index in [0.29, 0.717) is 12.2 Å². The van der Waals surface area contributed by atoms with Gasteiger partial charge in [0.25, 0.3) is 5.91 Å². The second kappa shape index (κ2) is 6.21. The third kappa shape index (κ3) is 3.03. The van der Waals surface area contributed by atoms with E-state index in [-0.39, 0.29) is 5.91 Å². The highest BCUT2D eigenvalue weighted by Gasteiger charge is 2.09. The van der Waals surface area contributed by atoms with Crippen LogP contribution >= 0.6 is 0 Å². The van der Waals surface area contributed by atoms with Crippen molar-refractivity contribution in [1.82, 2.24) is 30.3 Å². The Bertz CT molecular complexity index is 745. The summed E-state index contributed by atoms with van der Waals surface area (Å²) in [5, 5.41) is 13.7. The maximum absolute atomic E-state index is 12.0. The molecule has 0 saturated heterocycles. The molecule has 0 spiro atoms. The highest BCUT2D eigenvalue weighted by atomic mass is 16.1. The van der Waals surface area contributed by atoms with Crippen molar-refractivity contribution in [2.24, 2.45) is 0 Å². The zero-order valence-electron chi connectivity index (χ0n) is 12.2. The van der Waals surface area contributed by atoms with E-state index in [0.717, 1.165) is 23.4 Å². The van der Waals surface area contributed by atoms with Crippen LogP contribution in [0.3, 0.4) is 0 Å². The monoisotopic (exact) mass is 296 g/mol. The summed E-state index contributed by atoms with van der Waals surface area (Å²) < 4.78 is 1.68. The third-order valence-corrected chi connectivity index (χ3v) is 3.32. The molecule has 3 aromatic rings. The Labute approximate surface area is 127 Å². The number of amides is 1. The van der Waals surface area contributed by atoms with Crippen LogP contribution in [0.2, 0.25) is 0 Å². The molecule has 2 N–H and O–H groups in total. The van der Waals surface area contributed by atoms with Crippen LogP contribution in [0.15, 0.2) is 43.0 Å². The molecule has 0 unspecified atom stereocenters. The second-order valence-corrected chi connectivity index (χ2v) is 4.82. The van der Waals surface area contributed by atoms with Crippen molar-refractivity contribution in [3.05, 3.63) is 59.9 Å². The number of H-pyrrole nitrogens is 1. The first-order valence-electron chi connectivity index (χ1n) is 7.02. The number of carbonyl (C=O) groups excluding carboxylic acids is 1. The van der Waals surface area contributed by atoms with E-state index < -0.39 is 0 Å². The van der Waals surface area contributed by atoms with E-state index in [1.165, 1.54) is 6.33 Å². The first-order valence-corrected chi connectivity index (χ1v) is 7.02. The van der Waals surface area contributed by atoms with Crippen molar-refractivity contribution in [3.8, 4) is 5.69 Å². The van der Waals surface area contributed by atoms with Crippen molar-refractivity contribution >= 4 is 5.91 Å². The van der Waals surface area contributed by atoms with E-state index in [1.54, 1.807) is 17.1 Å². The fraction of sp³-hybridized carbons (Fsp3) is 0.200. The Kier molecular flexibility index (Phi) is 3.95. The maximum Gasteiger partial charge on any atom is 0.272 e. The van der Waals surface area contributed by atoms with Gasteiger partial charge in [0.2, 0.25) is 0 Å². The number of nitrogens with one attached hydrogen (secondary N) is 2. The van der Waals surface area contributed by atoms with Crippen LogP contribution in [0.25, 0.3) is 5.69 Å². The van der Waals surface area contributed by atoms with Gasteiger partial charge in [-0.25, -0.2) is 9.67 Å². The van der Waals surface area contributed by atoms with Gasteiger partial charge in [-0.05, 0) is 30.2 Å². The Morgan fingerprint density at radius 3 is 2.77 bits per heavy atom. The number of aromatic amines is 1. The Morgan fingerprint density at radius 1 is 1.32 bits per heavy atom. The summed E-state index contributed by atoms with van der Waals surface area (Å²) in [5.74, 6) is -0.184. The van der Waals surface area contributed by atoms with Gasteiger partial charge in [0, 0.05) is 12.2 Å². The van der Waals surface area contributed by atoms with Crippen LogP contribution in [-0.4, -0.2) is 30.9 Å². The fourth-order valence-electron chi connectivity index (χ4n) is 2.04. The zero-order chi connectivity index (χ0) is 15.4. The quantitative estimate of drug-likeness (QED) is 0.746. The molecular weight excluding hydrogens is 280 g/mol. The van der Waals surface area contributed by atoms with Crippen molar-refractivity contribution < 1.29 is 4.79 Å². The lowest BCUT2D eigenvalue weighted by molar-refractivity contribution is 0.0946. The molecule has 22 heavy (non-hydrogen) atoms. The molecule has 0 radical (unpaired) electrons. The molecule has 1 amide bonds. The number of hydrogen-bond donors (Lipinski definition) is 2. The van der Waals surface area contributed by atoms with E-state index in [1.807, 2.05) is 31.2 Å². The predicted molar refractivity (Wildman–Crippen MR) is 80.5 cm³/mol. The third-order valence-electron chi connectivity index (χ3n) is 3.32. The van der Waals surface area contributed by atoms with Gasteiger partial charge in [0.1, 0.15) is 18.3 Å². The fourth-order valence-corrected chi connectivity index (χ4v) is 2.04. The smallest absolute Gasteiger partial charge is 0.272 e. The van der Waals surface area contributed by atoms with Crippen LogP contribution < -0.4 is 5.32 Å². The summed E-state index contributed by atoms with van der Waals surface area (Å²) in [4.78, 5) is 15.9. The minimum atomic E-state index is -0.184. The lowest BCUT2D eigenvalue weighted by Gasteiger charge is -2.05. The van der Waals surface area contributed by atoms with Crippen molar-refractivity contribution in [3.63, 3.8) is 0 Å². The molecule has 3 rings (SSSR count). The lowest BCUT2D eigenvalue weighted by Crippen LogP contribution is -2.23. The Hall–Kier alpha value is -2.96. The molecule has 7 heteroatoms. The van der Waals surface area contributed by atoms with E-state index in [2.05, 4.69) is 25.6 Å². The van der Waals surface area contributed by atoms with Gasteiger partial charge in [-0.1, -0.05) is 19.1 Å². The SMILES string of the molecule is CCc1cc(C(=O)NCc2ccc(-n3cncn3)cc2)n[nH]1. The zero-order valence-corrected chi connectivity index (χ0v) is 12.2. The molecule has 0 aliphatic carbocycles. The van der Waals surface area contributed by atoms with E-state index in [4.69, 9.17) is 0 Å². The topological polar surface area (TPSA) is 88.5 Å². The minimum absolute atomic E-state index is 0.184. The second-order valence-electron chi connectivity index (χ2n) is 4.82. The average molecular weight is 296 g/mol. The summed E-state index contributed by atoms with van der Waals surface area (Å²) in [6, 6.07) is 9.52. The highest BCUT2D eigenvalue weighted by molar-refractivity contribution is 5.92. The summed E-state index contributed by atoms with van der Waals surface area (Å²) in [7, 11) is 0. The normalized spacial score (nSPS) is 10.6. The van der Waals surface area contributed by atoms with Crippen LogP contribution in [0.1, 0.15) is 28.7 Å². The van der Waals surface area contributed by atoms with Gasteiger partial charge in [0.05, 0.1) is 5.69 Å². The number of aromatic nitrogens is 5. The summed E-state index contributed by atoms with van der Waals surface area (Å²) in [5.41, 5.74) is 3.29. The molecule has 112 valence electrons. The maximum atomic E-state index is 12.0. The van der Waals surface area contributed by atoms with Gasteiger partial charge in [-0.3, -0.25) is 9.89 Å². The molecule has 0 saturated carbocycles. The van der Waals surface area contributed by atoms with Crippen molar-refractivity contribution in [2.45, 2.75) is 19.9 Å². The molecule has 2 heterocycles. The summed E-state index contributed by atoms with van der Waals surface area (Å²) in [6.45, 7) is 2.46. The lowest BCUT2D eigenvalue weighted by atomic mass is 10.2. The molecule has 7 nitrogen and oxygen atoms in total. The Morgan fingerprint density at radius 2 is 2.14 bits per heavy atom. The molecule has 0 aliphatic heterocycles. The molecular formula is C15H16N6O. The molecule has 0 bridgehead atoms. The van der Waals surface area contributed by atoms with Gasteiger partial charge < -0.3 is 5.32 Å². The van der Waals surface area contributed by atoms with Gasteiger partial charge in [-0.2, -0.15) is 10.2 Å². The molecule has 0 fully saturated rings. The van der Waals surface area contributed by atoms with Gasteiger partial charge >= 0.3 is 0 Å². The molecule has 0 atom stereocenters. The highest BCUT2D eigenvalue weighted by Crippen LogP contribution is 2.08. The summed E-state index contributed by atoms with van der Waals surface area (Å²) in [6.07, 6.45) is 3.95. The number of aryl methyl sites for hydroxylation is 1. The number of benzene rings is 1. The number of carbonyl (C=O) groups is 1. The predicted octanol–water partition coefficient (Wildman–Crippen LogP) is 1.48. The number of hydrogen-bond acceptors (Lipinski definition) is 4. The van der Waals surface area contributed by atoms with E-state index in [9.17, 15) is 4.79 Å². The average Bonchev–Trinajstić information content (AvgIpc) is 3.24. The van der Waals surface area contributed by atoms with Gasteiger partial charge in [0.15, 0.2) is 0 Å². The van der Waals surface area contributed by atoms with E-state index >= 15 is 0 Å². The first kappa shape index (κ1) is 14.0. The molecule has 2 aromatic heterocycles. The minimum Gasteiger partial charge on any atom is -0.347 e. The first-order chi connectivity index (χ1) is 10.8. The summed E-state index contributed by atoms with van der Waals surface area (Å²) >= 11 is 0. The van der Waals surface area contributed by atoms with Gasteiger partial charge in [-0.15, -0.1) is 0 Å². The van der Waals surface area contributed by atoms with Crippen LogP contribution in [0, 0.1) is 0 Å². The molecule has 1 aromatic carbocycles. The van der Waals surface area contributed by atoms with Crippen molar-refractivity contribution in [1.29, 1.82) is 0 Å². The Balaban J connectivity index is 1.60. The standard InChI is InChI=1S/C15H16N6O/c1-2-12-7-14(20-19-12)15(22)17-8-11-3-5-13(6-4-11)21-10-16-9-18-21/h3-7,9-10H,2,8H2,1H3,(H,17,22)(H,19,20). The van der Waals surface area contributed by atoms with Crippen LogP contribution in [0.4, 0.5) is 0 Å². The largest absolute Gasteiger partial charge is 0.347 e. The number of nitrogens with zero attached hydrogens (tertiary/aromatic N) is 4. The number of rotatable bonds is 5.